The summed E-state index contributed by atoms with van der Waals surface area (Å²) in [5.74, 6) is 1.41. The maximum absolute atomic E-state index is 5.73. The number of nitrogens with zero attached hydrogens (tertiary/aromatic N) is 4. The molecule has 2 aromatic heterocycles. The third-order valence-corrected chi connectivity index (χ3v) is 4.12. The molecule has 4 rings (SSSR count). The Morgan fingerprint density at radius 1 is 1.38 bits per heavy atom. The van der Waals surface area contributed by atoms with Gasteiger partial charge in [-0.2, -0.15) is 4.98 Å². The Kier molecular flexibility index (Phi) is 4.00. The summed E-state index contributed by atoms with van der Waals surface area (Å²) < 4.78 is 13.0. The molecule has 0 aliphatic carbocycles. The molecule has 1 aliphatic heterocycles. The second-order valence-corrected chi connectivity index (χ2v) is 5.73. The molecule has 124 valence electrons. The Hall–Kier alpha value is -2.67. The Balaban J connectivity index is 1.54. The molecule has 24 heavy (non-hydrogen) atoms. The lowest BCUT2D eigenvalue weighted by Crippen LogP contribution is -2.08. The van der Waals surface area contributed by atoms with Crippen molar-refractivity contribution >= 4 is 17.1 Å². The van der Waals surface area contributed by atoms with Crippen molar-refractivity contribution in [3.8, 4) is 5.75 Å². The van der Waals surface area contributed by atoms with Crippen LogP contribution < -0.4 is 10.1 Å². The highest BCUT2D eigenvalue weighted by atomic mass is 16.5. The van der Waals surface area contributed by atoms with Crippen LogP contribution in [0, 0.1) is 0 Å². The molecular weight excluding hydrogens is 306 g/mol. The molecule has 0 radical (unpaired) electrons. The zero-order valence-corrected chi connectivity index (χ0v) is 13.5. The predicted molar refractivity (Wildman–Crippen MR) is 89.9 cm³/mol. The number of methoxy groups -OCH3 is 1. The molecule has 1 aromatic carbocycles. The number of hydrogen-bond acceptors (Lipinski definition) is 6. The average molecular weight is 325 g/mol. The quantitative estimate of drug-likeness (QED) is 0.777. The monoisotopic (exact) mass is 325 g/mol. The van der Waals surface area contributed by atoms with Crippen molar-refractivity contribution in [2.24, 2.45) is 0 Å². The Bertz CT molecular complexity index is 842. The van der Waals surface area contributed by atoms with Crippen LogP contribution in [0.25, 0.3) is 11.2 Å². The molecule has 1 aliphatic rings. The smallest absolute Gasteiger partial charge is 0.225 e. The topological polar surface area (TPSA) is 74.1 Å². The van der Waals surface area contributed by atoms with Crippen molar-refractivity contribution in [3.05, 3.63) is 42.4 Å². The molecule has 0 spiro atoms. The fourth-order valence-corrected chi connectivity index (χ4v) is 2.87. The largest absolute Gasteiger partial charge is 0.497 e. The molecule has 3 aromatic rings. The van der Waals surface area contributed by atoms with E-state index in [-0.39, 0.29) is 6.23 Å². The van der Waals surface area contributed by atoms with Crippen molar-refractivity contribution in [1.29, 1.82) is 0 Å². The lowest BCUT2D eigenvalue weighted by Gasteiger charge is -2.12. The number of fused-ring (bicyclic) bond motifs is 1. The van der Waals surface area contributed by atoms with Crippen LogP contribution in [0.5, 0.6) is 5.75 Å². The zero-order valence-electron chi connectivity index (χ0n) is 13.5. The van der Waals surface area contributed by atoms with E-state index in [1.54, 1.807) is 19.6 Å². The van der Waals surface area contributed by atoms with Gasteiger partial charge in [0, 0.05) is 13.2 Å². The maximum Gasteiger partial charge on any atom is 0.225 e. The summed E-state index contributed by atoms with van der Waals surface area (Å²) >= 11 is 0. The van der Waals surface area contributed by atoms with Gasteiger partial charge in [0.15, 0.2) is 5.65 Å². The van der Waals surface area contributed by atoms with Crippen molar-refractivity contribution in [3.63, 3.8) is 0 Å². The van der Waals surface area contributed by atoms with E-state index in [0.29, 0.717) is 12.5 Å². The molecule has 0 bridgehead atoms. The van der Waals surface area contributed by atoms with Crippen molar-refractivity contribution < 1.29 is 9.47 Å². The molecule has 0 amide bonds. The predicted octanol–water partition coefficient (Wildman–Crippen LogP) is 2.76. The molecule has 3 heterocycles. The van der Waals surface area contributed by atoms with Crippen LogP contribution in [0.3, 0.4) is 0 Å². The van der Waals surface area contributed by atoms with Gasteiger partial charge in [-0.15, -0.1) is 0 Å². The molecule has 0 saturated carbocycles. The standard InChI is InChI=1S/C17H19N5O2/c1-23-13-5-2-4-12(8-13)9-18-17-19-10-14-16(21-17)22(11-20-14)15-6-3-7-24-15/h2,4-5,8,10-11,15H,3,6-7,9H2,1H3,(H,18,19,21). The van der Waals surface area contributed by atoms with Crippen molar-refractivity contribution in [2.45, 2.75) is 25.6 Å². The first-order valence-electron chi connectivity index (χ1n) is 8.01. The van der Waals surface area contributed by atoms with Gasteiger partial charge in [0.2, 0.25) is 5.95 Å². The van der Waals surface area contributed by atoms with E-state index in [9.17, 15) is 0 Å². The van der Waals surface area contributed by atoms with Crippen LogP contribution in [0.1, 0.15) is 24.6 Å². The van der Waals surface area contributed by atoms with E-state index < -0.39 is 0 Å². The normalized spacial score (nSPS) is 17.3. The molecule has 1 unspecified atom stereocenters. The van der Waals surface area contributed by atoms with E-state index >= 15 is 0 Å². The summed E-state index contributed by atoms with van der Waals surface area (Å²) in [7, 11) is 1.66. The van der Waals surface area contributed by atoms with Gasteiger partial charge in [-0.3, -0.25) is 4.57 Å². The van der Waals surface area contributed by atoms with E-state index in [1.807, 2.05) is 28.8 Å². The van der Waals surface area contributed by atoms with Gasteiger partial charge in [-0.1, -0.05) is 12.1 Å². The SMILES string of the molecule is COc1cccc(CNc2ncc3ncn(C4CCCO4)c3n2)c1. The first kappa shape index (κ1) is 14.9. The van der Waals surface area contributed by atoms with Crippen LogP contribution in [0.4, 0.5) is 5.95 Å². The van der Waals surface area contributed by atoms with Crippen LogP contribution in [0.2, 0.25) is 0 Å². The number of benzene rings is 1. The highest BCUT2D eigenvalue weighted by Gasteiger charge is 2.20. The molecule has 1 fully saturated rings. The second-order valence-electron chi connectivity index (χ2n) is 5.73. The minimum atomic E-state index is 0.0242. The number of imidazole rings is 1. The lowest BCUT2D eigenvalue weighted by atomic mass is 10.2. The van der Waals surface area contributed by atoms with Crippen LogP contribution in [-0.4, -0.2) is 33.2 Å². The van der Waals surface area contributed by atoms with Crippen molar-refractivity contribution in [1.82, 2.24) is 19.5 Å². The Labute approximate surface area is 139 Å². The summed E-state index contributed by atoms with van der Waals surface area (Å²) in [5, 5.41) is 3.25. The number of rotatable bonds is 5. The summed E-state index contributed by atoms with van der Waals surface area (Å²) in [6, 6.07) is 7.91. The second kappa shape index (κ2) is 6.45. The molecular formula is C17H19N5O2. The minimum Gasteiger partial charge on any atom is -0.497 e. The molecule has 7 nitrogen and oxygen atoms in total. The van der Waals surface area contributed by atoms with Gasteiger partial charge in [0.25, 0.3) is 0 Å². The van der Waals surface area contributed by atoms with Crippen molar-refractivity contribution in [2.75, 3.05) is 19.0 Å². The molecule has 1 saturated heterocycles. The zero-order chi connectivity index (χ0) is 16.4. The Morgan fingerprint density at radius 3 is 3.17 bits per heavy atom. The minimum absolute atomic E-state index is 0.0242. The van der Waals surface area contributed by atoms with E-state index in [0.717, 1.165) is 41.9 Å². The van der Waals surface area contributed by atoms with Crippen LogP contribution >= 0.6 is 0 Å². The van der Waals surface area contributed by atoms with Gasteiger partial charge in [0.1, 0.15) is 17.5 Å². The number of anilines is 1. The first-order chi connectivity index (χ1) is 11.8. The molecule has 7 heteroatoms. The van der Waals surface area contributed by atoms with Gasteiger partial charge >= 0.3 is 0 Å². The summed E-state index contributed by atoms with van der Waals surface area (Å²) in [6.45, 7) is 1.41. The number of aromatic nitrogens is 4. The number of nitrogens with one attached hydrogen (secondary N) is 1. The van der Waals surface area contributed by atoms with E-state index in [2.05, 4.69) is 20.3 Å². The molecule has 1 N–H and O–H groups in total. The fourth-order valence-electron chi connectivity index (χ4n) is 2.87. The van der Waals surface area contributed by atoms with Gasteiger partial charge in [0.05, 0.1) is 19.6 Å². The van der Waals surface area contributed by atoms with Crippen LogP contribution in [0.15, 0.2) is 36.8 Å². The fraction of sp³-hybridized carbons (Fsp3) is 0.353. The summed E-state index contributed by atoms with van der Waals surface area (Å²) in [6.07, 6.45) is 5.59. The highest BCUT2D eigenvalue weighted by molar-refractivity contribution is 5.71. The summed E-state index contributed by atoms with van der Waals surface area (Å²) in [5.41, 5.74) is 2.67. The molecule has 1 atom stereocenters. The first-order valence-corrected chi connectivity index (χ1v) is 8.01. The third kappa shape index (κ3) is 2.90. The van der Waals surface area contributed by atoms with Gasteiger partial charge in [-0.05, 0) is 30.5 Å². The highest BCUT2D eigenvalue weighted by Crippen LogP contribution is 2.26. The van der Waals surface area contributed by atoms with E-state index in [1.165, 1.54) is 0 Å². The van der Waals surface area contributed by atoms with Crippen LogP contribution in [-0.2, 0) is 11.3 Å². The van der Waals surface area contributed by atoms with Gasteiger partial charge < -0.3 is 14.8 Å². The number of ether oxygens (including phenoxy) is 2. The van der Waals surface area contributed by atoms with Gasteiger partial charge in [-0.25, -0.2) is 9.97 Å². The lowest BCUT2D eigenvalue weighted by molar-refractivity contribution is 0.0593. The summed E-state index contributed by atoms with van der Waals surface area (Å²) in [4.78, 5) is 13.3. The average Bonchev–Trinajstić information content (AvgIpc) is 3.29. The number of hydrogen-bond donors (Lipinski definition) is 1. The third-order valence-electron chi connectivity index (χ3n) is 4.12. The Morgan fingerprint density at radius 2 is 2.33 bits per heavy atom. The maximum atomic E-state index is 5.73. The van der Waals surface area contributed by atoms with E-state index in [4.69, 9.17) is 9.47 Å².